The van der Waals surface area contributed by atoms with Crippen LogP contribution in [0.3, 0.4) is 0 Å². The fourth-order valence-electron chi connectivity index (χ4n) is 8.57. The van der Waals surface area contributed by atoms with Crippen molar-refractivity contribution >= 4 is 57.2 Å². The molecular formula is C50H36S2. The van der Waals surface area contributed by atoms with Gasteiger partial charge in [-0.05, 0) is 161 Å². The van der Waals surface area contributed by atoms with E-state index in [0.717, 1.165) is 12.8 Å². The molecule has 52 heavy (non-hydrogen) atoms. The first kappa shape index (κ1) is 31.5. The number of hydrogen-bond acceptors (Lipinski definition) is 2. The van der Waals surface area contributed by atoms with Crippen LogP contribution >= 0.6 is 23.5 Å². The molecule has 2 aliphatic rings. The average molecular weight is 701 g/mol. The summed E-state index contributed by atoms with van der Waals surface area (Å²) in [4.78, 5) is 2.58. The van der Waals surface area contributed by atoms with Crippen molar-refractivity contribution < 1.29 is 0 Å². The number of rotatable bonds is 6. The second kappa shape index (κ2) is 12.7. The molecule has 2 heteroatoms. The third-order valence-corrected chi connectivity index (χ3v) is 12.7. The zero-order chi connectivity index (χ0) is 34.8. The Kier molecular flexibility index (Phi) is 7.71. The van der Waals surface area contributed by atoms with Crippen molar-refractivity contribution in [3.63, 3.8) is 0 Å². The smallest absolute Gasteiger partial charge is 0.0148 e. The van der Waals surface area contributed by atoms with Crippen LogP contribution < -0.4 is 0 Å². The lowest BCUT2D eigenvalue weighted by Crippen LogP contribution is -1.89. The molecule has 0 nitrogen and oxygen atoms in total. The van der Waals surface area contributed by atoms with Gasteiger partial charge in [0.25, 0.3) is 0 Å². The quantitative estimate of drug-likeness (QED) is 0.125. The van der Waals surface area contributed by atoms with E-state index in [-0.39, 0.29) is 0 Å². The van der Waals surface area contributed by atoms with Crippen molar-refractivity contribution in [3.8, 4) is 44.5 Å². The van der Waals surface area contributed by atoms with E-state index in [9.17, 15) is 0 Å². The van der Waals surface area contributed by atoms with Gasteiger partial charge in [0.05, 0.1) is 0 Å². The number of hydrogen-bond donors (Lipinski definition) is 0. The van der Waals surface area contributed by atoms with E-state index in [4.69, 9.17) is 0 Å². The minimum Gasteiger partial charge on any atom is -0.129 e. The van der Waals surface area contributed by atoms with Crippen LogP contribution in [0.4, 0.5) is 0 Å². The first-order valence-corrected chi connectivity index (χ1v) is 20.4. The Hall–Kier alpha value is -5.28. The SMILES string of the molecule is CSc1cc2cc(-c3cccc4c3Cc3ccccc3-4)ccc2cc1/C=C/c1cc2ccc(-c3cccc4c3Cc3ccccc3-4)cc2cc1SC. The van der Waals surface area contributed by atoms with E-state index in [1.165, 1.54) is 109 Å². The Morgan fingerprint density at radius 1 is 0.385 bits per heavy atom. The van der Waals surface area contributed by atoms with Crippen molar-refractivity contribution in [1.29, 1.82) is 0 Å². The predicted molar refractivity (Wildman–Crippen MR) is 228 cm³/mol. The zero-order valence-electron chi connectivity index (χ0n) is 29.2. The Morgan fingerprint density at radius 2 is 0.808 bits per heavy atom. The van der Waals surface area contributed by atoms with Gasteiger partial charge in [0, 0.05) is 9.79 Å². The van der Waals surface area contributed by atoms with Gasteiger partial charge in [-0.3, -0.25) is 0 Å². The summed E-state index contributed by atoms with van der Waals surface area (Å²) >= 11 is 3.64. The van der Waals surface area contributed by atoms with Crippen LogP contribution in [0.25, 0.3) is 78.2 Å². The van der Waals surface area contributed by atoms with Crippen molar-refractivity contribution in [3.05, 3.63) is 179 Å². The molecule has 0 N–H and O–H groups in total. The third-order valence-electron chi connectivity index (χ3n) is 11.1. The van der Waals surface area contributed by atoms with Crippen LogP contribution in [0.1, 0.15) is 33.4 Å². The van der Waals surface area contributed by atoms with Crippen LogP contribution in [-0.4, -0.2) is 12.5 Å². The van der Waals surface area contributed by atoms with Gasteiger partial charge in [-0.25, -0.2) is 0 Å². The van der Waals surface area contributed by atoms with Crippen LogP contribution in [0.5, 0.6) is 0 Å². The maximum absolute atomic E-state index is 2.38. The fourth-order valence-corrected chi connectivity index (χ4v) is 9.79. The van der Waals surface area contributed by atoms with E-state index in [0.29, 0.717) is 0 Å². The normalized spacial score (nSPS) is 12.7. The largest absolute Gasteiger partial charge is 0.129 e. The molecule has 0 amide bonds. The topological polar surface area (TPSA) is 0 Å². The van der Waals surface area contributed by atoms with E-state index >= 15 is 0 Å². The van der Waals surface area contributed by atoms with Crippen LogP contribution in [0.2, 0.25) is 0 Å². The van der Waals surface area contributed by atoms with Gasteiger partial charge >= 0.3 is 0 Å². The molecule has 0 unspecified atom stereocenters. The number of benzene rings is 8. The monoisotopic (exact) mass is 700 g/mol. The summed E-state index contributed by atoms with van der Waals surface area (Å²) in [6.45, 7) is 0. The molecule has 0 heterocycles. The summed E-state index contributed by atoms with van der Waals surface area (Å²) in [6.07, 6.45) is 11.0. The van der Waals surface area contributed by atoms with E-state index < -0.39 is 0 Å². The van der Waals surface area contributed by atoms with Crippen LogP contribution in [0, 0.1) is 0 Å². The molecule has 8 aromatic rings. The Morgan fingerprint density at radius 3 is 1.27 bits per heavy atom. The summed E-state index contributed by atoms with van der Waals surface area (Å²) in [7, 11) is 0. The van der Waals surface area contributed by atoms with Gasteiger partial charge in [0.2, 0.25) is 0 Å². The molecule has 2 aliphatic carbocycles. The summed E-state index contributed by atoms with van der Waals surface area (Å²) < 4.78 is 0. The molecule has 8 aromatic carbocycles. The van der Waals surface area contributed by atoms with Crippen LogP contribution in [0.15, 0.2) is 155 Å². The summed E-state index contributed by atoms with van der Waals surface area (Å²) in [5.74, 6) is 0. The maximum atomic E-state index is 2.38. The highest BCUT2D eigenvalue weighted by Gasteiger charge is 2.22. The van der Waals surface area contributed by atoms with Gasteiger partial charge in [-0.2, -0.15) is 0 Å². The summed E-state index contributed by atoms with van der Waals surface area (Å²) in [5, 5.41) is 5.10. The molecule has 0 radical (unpaired) electrons. The van der Waals surface area contributed by atoms with Crippen molar-refractivity contribution in [2.45, 2.75) is 22.6 Å². The first-order valence-electron chi connectivity index (χ1n) is 18.0. The van der Waals surface area contributed by atoms with Crippen molar-refractivity contribution in [2.75, 3.05) is 12.5 Å². The molecule has 0 aromatic heterocycles. The standard InChI is InChI=1S/C50H36S2/c1-51-49-29-39-25-35(43-13-7-15-45-41-11-5-3-9-33(41)27-47(43)45)19-17-31(39)23-37(49)21-22-38-24-32-18-20-36(26-40(32)30-50(38)52-2)44-14-8-16-46-42-12-6-4-10-34(42)28-48(44)46/h3-26,29-30H,27-28H2,1-2H3/b22-21+. The van der Waals surface area contributed by atoms with Gasteiger partial charge in [-0.1, -0.05) is 121 Å². The Bertz CT molecular complexity index is 2580. The zero-order valence-corrected chi connectivity index (χ0v) is 30.9. The lowest BCUT2D eigenvalue weighted by atomic mass is 9.93. The van der Waals surface area contributed by atoms with Gasteiger partial charge < -0.3 is 0 Å². The highest BCUT2D eigenvalue weighted by molar-refractivity contribution is 7.99. The average Bonchev–Trinajstić information content (AvgIpc) is 3.77. The Balaban J connectivity index is 0.970. The fraction of sp³-hybridized carbons (Fsp3) is 0.0800. The van der Waals surface area contributed by atoms with E-state index in [2.05, 4.69) is 170 Å². The second-order valence-electron chi connectivity index (χ2n) is 14.0. The molecule has 0 bridgehead atoms. The lowest BCUT2D eigenvalue weighted by molar-refractivity contribution is 1.26. The minimum atomic E-state index is 0.998. The maximum Gasteiger partial charge on any atom is 0.0148 e. The van der Waals surface area contributed by atoms with Crippen molar-refractivity contribution in [1.82, 2.24) is 0 Å². The molecule has 0 saturated carbocycles. The molecule has 0 fully saturated rings. The predicted octanol–water partition coefficient (Wildman–Crippen LogP) is 14.1. The molecule has 0 saturated heterocycles. The van der Waals surface area contributed by atoms with Crippen molar-refractivity contribution in [2.24, 2.45) is 0 Å². The molecule has 10 rings (SSSR count). The second-order valence-corrected chi connectivity index (χ2v) is 15.7. The highest BCUT2D eigenvalue weighted by Crippen LogP contribution is 2.44. The van der Waals surface area contributed by atoms with Gasteiger partial charge in [0.1, 0.15) is 0 Å². The minimum absolute atomic E-state index is 0.998. The number of fused-ring (bicyclic) bond motifs is 8. The van der Waals surface area contributed by atoms with E-state index in [1.54, 1.807) is 0 Å². The molecule has 0 aliphatic heterocycles. The van der Waals surface area contributed by atoms with E-state index in [1.807, 2.05) is 23.5 Å². The summed E-state index contributed by atoms with van der Waals surface area (Å²) in [5.41, 5.74) is 19.0. The summed E-state index contributed by atoms with van der Waals surface area (Å²) in [6, 6.07) is 54.7. The first-order chi connectivity index (χ1) is 25.6. The lowest BCUT2D eigenvalue weighted by Gasteiger charge is -2.13. The van der Waals surface area contributed by atoms with Crippen LogP contribution in [-0.2, 0) is 12.8 Å². The molecule has 0 atom stereocenters. The molecule has 248 valence electrons. The number of thioether (sulfide) groups is 2. The third kappa shape index (κ3) is 5.24. The van der Waals surface area contributed by atoms with Gasteiger partial charge in [-0.15, -0.1) is 23.5 Å². The Labute approximate surface area is 314 Å². The molecule has 0 spiro atoms. The highest BCUT2D eigenvalue weighted by atomic mass is 32.2. The molecular weight excluding hydrogens is 665 g/mol. The van der Waals surface area contributed by atoms with Gasteiger partial charge in [0.15, 0.2) is 0 Å².